The summed E-state index contributed by atoms with van der Waals surface area (Å²) in [5.74, 6) is -0.529. The number of esters is 3. The second-order valence-electron chi connectivity index (χ2n) is 8.37. The maximum Gasteiger partial charge on any atom is 0.342 e. The summed E-state index contributed by atoms with van der Waals surface area (Å²) in [6.45, 7) is 6.33. The van der Waals surface area contributed by atoms with Gasteiger partial charge in [-0.2, -0.15) is 0 Å². The van der Waals surface area contributed by atoms with E-state index < -0.39 is 24.0 Å². The van der Waals surface area contributed by atoms with Crippen LogP contribution in [0.25, 0.3) is 0 Å². The highest BCUT2D eigenvalue weighted by Gasteiger charge is 2.22. The van der Waals surface area contributed by atoms with Crippen LogP contribution >= 0.6 is 0 Å². The molecule has 0 spiro atoms. The summed E-state index contributed by atoms with van der Waals surface area (Å²) in [6.07, 6.45) is -0.818. The van der Waals surface area contributed by atoms with Gasteiger partial charge < -0.3 is 28.4 Å². The molecule has 1 atom stereocenters. The lowest BCUT2D eigenvalue weighted by atomic mass is 10.2. The van der Waals surface area contributed by atoms with E-state index >= 15 is 0 Å². The third-order valence-corrected chi connectivity index (χ3v) is 5.54. The van der Waals surface area contributed by atoms with Gasteiger partial charge in [-0.1, -0.05) is 30.3 Å². The fourth-order valence-corrected chi connectivity index (χ4v) is 3.72. The fourth-order valence-electron chi connectivity index (χ4n) is 3.72. The van der Waals surface area contributed by atoms with Gasteiger partial charge in [-0.3, -0.25) is 0 Å². The minimum atomic E-state index is -0.901. The lowest BCUT2D eigenvalue weighted by Gasteiger charge is -2.19. The Balaban J connectivity index is 1.69. The molecule has 0 N–H and O–H groups in total. The van der Waals surface area contributed by atoms with Crippen LogP contribution in [0.1, 0.15) is 58.3 Å². The monoisotopic (exact) mass is 550 g/mol. The first-order valence-electron chi connectivity index (χ1n) is 13.2. The molecule has 0 amide bonds. The molecule has 3 aromatic rings. The average molecular weight is 551 g/mol. The lowest BCUT2D eigenvalue weighted by molar-refractivity contribution is -0.00989. The van der Waals surface area contributed by atoms with Gasteiger partial charge in [0.05, 0.1) is 32.0 Å². The van der Waals surface area contributed by atoms with Crippen LogP contribution in [-0.4, -0.2) is 57.0 Å². The van der Waals surface area contributed by atoms with Crippen molar-refractivity contribution < 1.29 is 42.8 Å². The second kappa shape index (κ2) is 15.8. The van der Waals surface area contributed by atoms with Gasteiger partial charge in [0.1, 0.15) is 41.1 Å². The Morgan fingerprint density at radius 1 is 0.650 bits per heavy atom. The normalized spacial score (nSPS) is 11.2. The number of carbonyl (C=O) groups is 3. The lowest BCUT2D eigenvalue weighted by Crippen LogP contribution is -2.27. The molecular weight excluding hydrogens is 516 g/mol. The van der Waals surface area contributed by atoms with Crippen LogP contribution in [-0.2, 0) is 14.2 Å². The van der Waals surface area contributed by atoms with Crippen molar-refractivity contribution >= 4 is 17.9 Å². The molecule has 0 aliphatic carbocycles. The van der Waals surface area contributed by atoms with E-state index in [1.54, 1.807) is 72.8 Å². The summed E-state index contributed by atoms with van der Waals surface area (Å²) < 4.78 is 33.1. The van der Waals surface area contributed by atoms with Crippen LogP contribution in [0.4, 0.5) is 0 Å². The van der Waals surface area contributed by atoms with Gasteiger partial charge in [0.2, 0.25) is 0 Å². The Bertz CT molecular complexity index is 1270. The van der Waals surface area contributed by atoms with E-state index in [1.807, 2.05) is 20.8 Å². The Morgan fingerprint density at radius 2 is 1.23 bits per heavy atom. The molecule has 0 aliphatic rings. The zero-order chi connectivity index (χ0) is 28.7. The smallest absolute Gasteiger partial charge is 0.342 e. The summed E-state index contributed by atoms with van der Waals surface area (Å²) >= 11 is 0. The highest BCUT2D eigenvalue weighted by Crippen LogP contribution is 2.21. The molecule has 40 heavy (non-hydrogen) atoms. The van der Waals surface area contributed by atoms with Crippen molar-refractivity contribution in [3.05, 3.63) is 89.5 Å². The van der Waals surface area contributed by atoms with Crippen molar-refractivity contribution in [3.8, 4) is 17.2 Å². The van der Waals surface area contributed by atoms with E-state index in [-0.39, 0.29) is 36.3 Å². The maximum atomic E-state index is 12.9. The fraction of sp³-hybridized carbons (Fsp3) is 0.323. The van der Waals surface area contributed by atoms with Crippen LogP contribution in [0.2, 0.25) is 0 Å². The van der Waals surface area contributed by atoms with Crippen molar-refractivity contribution in [2.24, 2.45) is 0 Å². The van der Waals surface area contributed by atoms with E-state index in [9.17, 15) is 14.4 Å². The molecule has 0 aliphatic heterocycles. The van der Waals surface area contributed by atoms with Crippen molar-refractivity contribution in [3.63, 3.8) is 0 Å². The van der Waals surface area contributed by atoms with Gasteiger partial charge in [0.25, 0.3) is 0 Å². The van der Waals surface area contributed by atoms with Crippen LogP contribution in [0.3, 0.4) is 0 Å². The SMILES string of the molecule is CCOc1cccc(C(=O)OC(CCOC(=O)c2ccccc2OCC)COC(=O)c2ccccc2OCC)c1. The summed E-state index contributed by atoms with van der Waals surface area (Å²) in [5, 5.41) is 0. The van der Waals surface area contributed by atoms with Crippen molar-refractivity contribution in [1.29, 1.82) is 0 Å². The van der Waals surface area contributed by atoms with Crippen molar-refractivity contribution in [1.82, 2.24) is 0 Å². The van der Waals surface area contributed by atoms with Gasteiger partial charge >= 0.3 is 17.9 Å². The van der Waals surface area contributed by atoms with E-state index in [4.69, 9.17) is 28.4 Å². The van der Waals surface area contributed by atoms with Crippen molar-refractivity contribution in [2.75, 3.05) is 33.0 Å². The highest BCUT2D eigenvalue weighted by atomic mass is 16.6. The molecule has 0 saturated carbocycles. The van der Waals surface area contributed by atoms with Crippen LogP contribution in [0.15, 0.2) is 72.8 Å². The largest absolute Gasteiger partial charge is 0.494 e. The van der Waals surface area contributed by atoms with Crippen molar-refractivity contribution in [2.45, 2.75) is 33.3 Å². The summed E-state index contributed by atoms with van der Waals surface area (Å²) in [6, 6.07) is 20.0. The predicted octanol–water partition coefficient (Wildman–Crippen LogP) is 5.51. The molecule has 0 bridgehead atoms. The number of hydrogen-bond donors (Lipinski definition) is 0. The third kappa shape index (κ3) is 8.76. The Labute approximate surface area is 233 Å². The topological polar surface area (TPSA) is 107 Å². The van der Waals surface area contributed by atoms with Crippen LogP contribution in [0.5, 0.6) is 17.2 Å². The molecule has 0 heterocycles. The Hall–Kier alpha value is -4.53. The van der Waals surface area contributed by atoms with E-state index in [0.29, 0.717) is 37.1 Å². The molecule has 1 unspecified atom stereocenters. The molecule has 3 rings (SSSR count). The average Bonchev–Trinajstić information content (AvgIpc) is 2.96. The Kier molecular flexibility index (Phi) is 11.8. The number of carbonyl (C=O) groups excluding carboxylic acids is 3. The number of rotatable bonds is 15. The van der Waals surface area contributed by atoms with Gasteiger partial charge in [-0.05, 0) is 63.2 Å². The summed E-state index contributed by atoms with van der Waals surface area (Å²) in [4.78, 5) is 38.5. The molecule has 0 radical (unpaired) electrons. The molecule has 212 valence electrons. The molecule has 0 fully saturated rings. The van der Waals surface area contributed by atoms with Gasteiger partial charge in [0, 0.05) is 6.42 Å². The maximum absolute atomic E-state index is 12.9. The van der Waals surface area contributed by atoms with Crippen LogP contribution in [0, 0.1) is 0 Å². The molecule has 0 aromatic heterocycles. The summed E-state index contributed by atoms with van der Waals surface area (Å²) in [7, 11) is 0. The Morgan fingerprint density at radius 3 is 1.82 bits per heavy atom. The van der Waals surface area contributed by atoms with Gasteiger partial charge in [-0.25, -0.2) is 14.4 Å². The standard InChI is InChI=1S/C31H34O9/c1-4-35-23-13-11-12-22(20-23)29(32)40-24(21-39-31(34)26-15-8-10-17-28(26)37-6-3)18-19-38-30(33)25-14-7-9-16-27(25)36-5-2/h7-17,20,24H,4-6,18-19,21H2,1-3H3. The first-order valence-corrected chi connectivity index (χ1v) is 13.2. The zero-order valence-corrected chi connectivity index (χ0v) is 22.9. The second-order valence-corrected chi connectivity index (χ2v) is 8.37. The number of ether oxygens (including phenoxy) is 6. The highest BCUT2D eigenvalue weighted by molar-refractivity contribution is 5.93. The minimum absolute atomic E-state index is 0.0832. The summed E-state index contributed by atoms with van der Waals surface area (Å²) in [5.41, 5.74) is 0.800. The number of hydrogen-bond acceptors (Lipinski definition) is 9. The van der Waals surface area contributed by atoms with Crippen LogP contribution < -0.4 is 14.2 Å². The van der Waals surface area contributed by atoms with Gasteiger partial charge in [-0.15, -0.1) is 0 Å². The van der Waals surface area contributed by atoms with E-state index in [1.165, 1.54) is 0 Å². The zero-order valence-electron chi connectivity index (χ0n) is 22.9. The number of para-hydroxylation sites is 2. The first kappa shape index (κ1) is 30.0. The quantitative estimate of drug-likeness (QED) is 0.179. The predicted molar refractivity (Wildman–Crippen MR) is 147 cm³/mol. The van der Waals surface area contributed by atoms with E-state index in [0.717, 1.165) is 0 Å². The minimum Gasteiger partial charge on any atom is -0.494 e. The molecule has 9 nitrogen and oxygen atoms in total. The van der Waals surface area contributed by atoms with E-state index in [2.05, 4.69) is 0 Å². The first-order chi connectivity index (χ1) is 19.5. The third-order valence-electron chi connectivity index (χ3n) is 5.54. The molecule has 3 aromatic carbocycles. The molecule has 0 saturated heterocycles. The molecular formula is C31H34O9. The van der Waals surface area contributed by atoms with Gasteiger partial charge in [0.15, 0.2) is 0 Å². The number of benzene rings is 3. The molecule has 9 heteroatoms.